The van der Waals surface area contributed by atoms with E-state index in [0.717, 1.165) is 5.56 Å². The Morgan fingerprint density at radius 3 is 2.24 bits per heavy atom. The number of benzene rings is 3. The van der Waals surface area contributed by atoms with Crippen LogP contribution in [0.5, 0.6) is 11.5 Å². The summed E-state index contributed by atoms with van der Waals surface area (Å²) in [6.07, 6.45) is 0. The van der Waals surface area contributed by atoms with Crippen LogP contribution in [0.3, 0.4) is 0 Å². The molecule has 1 fully saturated rings. The number of ether oxygens (including phenoxy) is 2. The third-order valence-electron chi connectivity index (χ3n) is 6.32. The molecule has 0 radical (unpaired) electrons. The molecule has 216 valence electrons. The predicted octanol–water partition coefficient (Wildman–Crippen LogP) is 7.56. The number of Topliss-reactive ketones (excluding diaryl/α,β-unsaturated/α-hetero) is 1. The van der Waals surface area contributed by atoms with E-state index in [0.29, 0.717) is 56.0 Å². The van der Waals surface area contributed by atoms with Gasteiger partial charge in [-0.3, -0.25) is 14.5 Å². The second kappa shape index (κ2) is 13.2. The first-order chi connectivity index (χ1) is 20.3. The van der Waals surface area contributed by atoms with E-state index >= 15 is 0 Å². The first-order valence-corrected chi connectivity index (χ1v) is 15.5. The molecule has 1 unspecified atom stereocenters. The van der Waals surface area contributed by atoms with Gasteiger partial charge in [-0.2, -0.15) is 0 Å². The second-order valence-corrected chi connectivity index (χ2v) is 12.1. The standard InChI is InChI=1S/C30H25Cl2N3O5S2/c1-3-39-22-14-9-19(15-23(22)40-4-2)25-24(26(36)18-7-12-21(32)13-8-18)27(37)28(38)35(25)29-33-34-30(42-29)41-16-17-5-10-20(31)11-6-17/h5-15,25,36H,3-4,16H2,1-2H3/b26-24+. The molecule has 1 amide bonds. The van der Waals surface area contributed by atoms with Crippen molar-refractivity contribution in [2.75, 3.05) is 18.1 Å². The summed E-state index contributed by atoms with van der Waals surface area (Å²) in [6.45, 7) is 4.51. The largest absolute Gasteiger partial charge is 0.507 e. The molecule has 12 heteroatoms. The van der Waals surface area contributed by atoms with Crippen molar-refractivity contribution in [3.63, 3.8) is 0 Å². The molecule has 1 N–H and O–H groups in total. The van der Waals surface area contributed by atoms with Crippen LogP contribution in [-0.2, 0) is 15.3 Å². The van der Waals surface area contributed by atoms with Crippen LogP contribution in [0.1, 0.15) is 36.6 Å². The number of hydrogen-bond donors (Lipinski definition) is 1. The van der Waals surface area contributed by atoms with Gasteiger partial charge < -0.3 is 14.6 Å². The third-order valence-corrected chi connectivity index (χ3v) is 8.95. The lowest BCUT2D eigenvalue weighted by Gasteiger charge is -2.23. The molecule has 1 aromatic heterocycles. The fourth-order valence-corrected chi connectivity index (χ4v) is 6.51. The number of carbonyl (C=O) groups is 2. The molecule has 1 aliphatic heterocycles. The normalized spacial score (nSPS) is 16.2. The third kappa shape index (κ3) is 6.27. The zero-order valence-electron chi connectivity index (χ0n) is 22.5. The average Bonchev–Trinajstić information content (AvgIpc) is 3.56. The van der Waals surface area contributed by atoms with Crippen molar-refractivity contribution in [2.24, 2.45) is 0 Å². The molecule has 5 rings (SSSR count). The van der Waals surface area contributed by atoms with Crippen LogP contribution >= 0.6 is 46.3 Å². The maximum atomic E-state index is 13.6. The first kappa shape index (κ1) is 29.9. The van der Waals surface area contributed by atoms with E-state index in [-0.39, 0.29) is 16.5 Å². The lowest BCUT2D eigenvalue weighted by Crippen LogP contribution is -2.29. The molecule has 1 atom stereocenters. The molecule has 8 nitrogen and oxygen atoms in total. The maximum Gasteiger partial charge on any atom is 0.301 e. The van der Waals surface area contributed by atoms with Crippen molar-refractivity contribution in [2.45, 2.75) is 30.0 Å². The van der Waals surface area contributed by atoms with Gasteiger partial charge in [0.25, 0.3) is 5.78 Å². The van der Waals surface area contributed by atoms with Crippen molar-refractivity contribution in [3.05, 3.63) is 99.0 Å². The molecule has 0 aliphatic carbocycles. The summed E-state index contributed by atoms with van der Waals surface area (Å²) < 4.78 is 12.1. The van der Waals surface area contributed by atoms with Crippen molar-refractivity contribution < 1.29 is 24.2 Å². The SMILES string of the molecule is CCOc1ccc(C2/C(=C(\O)c3ccc(Cl)cc3)C(=O)C(=O)N2c2nnc(SCc3ccc(Cl)cc3)s2)cc1OCC. The highest BCUT2D eigenvalue weighted by molar-refractivity contribution is 8.00. The monoisotopic (exact) mass is 641 g/mol. The Morgan fingerprint density at radius 1 is 0.929 bits per heavy atom. The van der Waals surface area contributed by atoms with Gasteiger partial charge in [0.15, 0.2) is 15.8 Å². The van der Waals surface area contributed by atoms with Crippen molar-refractivity contribution in [1.82, 2.24) is 10.2 Å². The fraction of sp³-hybridized carbons (Fsp3) is 0.200. The summed E-state index contributed by atoms with van der Waals surface area (Å²) in [4.78, 5) is 28.4. The van der Waals surface area contributed by atoms with Gasteiger partial charge in [-0.15, -0.1) is 10.2 Å². The second-order valence-electron chi connectivity index (χ2n) is 9.01. The van der Waals surface area contributed by atoms with Crippen molar-refractivity contribution >= 4 is 68.9 Å². The van der Waals surface area contributed by atoms with Crippen LogP contribution in [0.15, 0.2) is 76.6 Å². The number of carbonyl (C=O) groups excluding carboxylic acids is 2. The summed E-state index contributed by atoms with van der Waals surface area (Å²) in [5.74, 6) is -0.412. The highest BCUT2D eigenvalue weighted by atomic mass is 35.5. The van der Waals surface area contributed by atoms with E-state index in [2.05, 4.69) is 10.2 Å². The quantitative estimate of drug-likeness (QED) is 0.0622. The lowest BCUT2D eigenvalue weighted by atomic mass is 9.95. The van der Waals surface area contributed by atoms with Crippen LogP contribution < -0.4 is 14.4 Å². The lowest BCUT2D eigenvalue weighted by molar-refractivity contribution is -0.132. The van der Waals surface area contributed by atoms with Gasteiger partial charge >= 0.3 is 5.91 Å². The number of halogens is 2. The number of hydrogen-bond acceptors (Lipinski definition) is 9. The molecule has 42 heavy (non-hydrogen) atoms. The van der Waals surface area contributed by atoms with E-state index in [9.17, 15) is 14.7 Å². The summed E-state index contributed by atoms with van der Waals surface area (Å²) in [7, 11) is 0. The van der Waals surface area contributed by atoms with Crippen LogP contribution in [0.25, 0.3) is 5.76 Å². The van der Waals surface area contributed by atoms with Gasteiger partial charge in [-0.1, -0.05) is 64.5 Å². The summed E-state index contributed by atoms with van der Waals surface area (Å²) in [5, 5.41) is 21.3. The van der Waals surface area contributed by atoms with Gasteiger partial charge in [0.1, 0.15) is 5.76 Å². The van der Waals surface area contributed by atoms with E-state index in [1.165, 1.54) is 28.0 Å². The molecule has 2 heterocycles. The Bertz CT molecular complexity index is 1640. The predicted molar refractivity (Wildman–Crippen MR) is 166 cm³/mol. The van der Waals surface area contributed by atoms with Gasteiger partial charge in [0, 0.05) is 21.4 Å². The number of aliphatic hydroxyl groups excluding tert-OH is 1. The Balaban J connectivity index is 1.57. The molecule has 1 saturated heterocycles. The van der Waals surface area contributed by atoms with Crippen LogP contribution in [0.4, 0.5) is 5.13 Å². The van der Waals surface area contributed by atoms with E-state index in [1.54, 1.807) is 42.5 Å². The minimum atomic E-state index is -1.00. The maximum absolute atomic E-state index is 13.6. The van der Waals surface area contributed by atoms with Crippen LogP contribution in [0, 0.1) is 0 Å². The molecule has 3 aromatic carbocycles. The van der Waals surface area contributed by atoms with Gasteiger partial charge in [0.05, 0.1) is 24.8 Å². The number of ketones is 1. The molecule has 0 bridgehead atoms. The average molecular weight is 643 g/mol. The number of rotatable bonds is 10. The fourth-order valence-electron chi connectivity index (χ4n) is 4.43. The number of nitrogens with zero attached hydrogens (tertiary/aromatic N) is 3. The van der Waals surface area contributed by atoms with Gasteiger partial charge in [-0.25, -0.2) is 0 Å². The zero-order valence-corrected chi connectivity index (χ0v) is 25.7. The smallest absolute Gasteiger partial charge is 0.301 e. The minimum Gasteiger partial charge on any atom is -0.507 e. The van der Waals surface area contributed by atoms with Gasteiger partial charge in [-0.05, 0) is 73.5 Å². The zero-order chi connectivity index (χ0) is 29.8. The number of aliphatic hydroxyl groups is 1. The molecule has 1 aliphatic rings. The highest BCUT2D eigenvalue weighted by Gasteiger charge is 2.48. The molecular formula is C30H25Cl2N3O5S2. The number of amides is 1. The van der Waals surface area contributed by atoms with E-state index in [1.807, 2.05) is 38.1 Å². The number of anilines is 1. The highest BCUT2D eigenvalue weighted by Crippen LogP contribution is 2.45. The Kier molecular flexibility index (Phi) is 9.37. The van der Waals surface area contributed by atoms with E-state index < -0.39 is 17.7 Å². The van der Waals surface area contributed by atoms with E-state index in [4.69, 9.17) is 32.7 Å². The number of aromatic nitrogens is 2. The first-order valence-electron chi connectivity index (χ1n) is 13.0. The Hall–Kier alpha value is -3.57. The van der Waals surface area contributed by atoms with Crippen LogP contribution in [0.2, 0.25) is 10.0 Å². The van der Waals surface area contributed by atoms with Crippen molar-refractivity contribution in [3.8, 4) is 11.5 Å². The summed E-state index contributed by atoms with van der Waals surface area (Å²) >= 11 is 14.7. The van der Waals surface area contributed by atoms with Gasteiger partial charge in [0.2, 0.25) is 5.13 Å². The number of thioether (sulfide) groups is 1. The molecule has 0 saturated carbocycles. The topological polar surface area (TPSA) is 102 Å². The van der Waals surface area contributed by atoms with Crippen LogP contribution in [-0.4, -0.2) is 40.2 Å². The minimum absolute atomic E-state index is 0.0838. The summed E-state index contributed by atoms with van der Waals surface area (Å²) in [5.41, 5.74) is 1.83. The summed E-state index contributed by atoms with van der Waals surface area (Å²) in [6, 6.07) is 18.0. The Morgan fingerprint density at radius 2 is 1.57 bits per heavy atom. The molecule has 4 aromatic rings. The molecular weight excluding hydrogens is 617 g/mol. The molecule has 0 spiro atoms. The van der Waals surface area contributed by atoms with Crippen molar-refractivity contribution in [1.29, 1.82) is 0 Å². The Labute approximate surface area is 260 Å².